The lowest BCUT2D eigenvalue weighted by molar-refractivity contribution is -0.115. The number of halogens is 2. The van der Waals surface area contributed by atoms with Crippen LogP contribution in [0.15, 0.2) is 72.5 Å². The zero-order chi connectivity index (χ0) is 21.1. The van der Waals surface area contributed by atoms with Crippen molar-refractivity contribution in [2.24, 2.45) is 0 Å². The SMILES string of the molecule is O=C1Nc2cc(C(=O)NCc3cccc(F)c3)ccc2O/C1=C\c1ccccc1Cl. The minimum Gasteiger partial charge on any atom is -0.449 e. The van der Waals surface area contributed by atoms with Gasteiger partial charge in [0.15, 0.2) is 11.5 Å². The van der Waals surface area contributed by atoms with Crippen LogP contribution in [-0.4, -0.2) is 11.8 Å². The summed E-state index contributed by atoms with van der Waals surface area (Å²) in [5.41, 5.74) is 2.02. The average molecular weight is 423 g/mol. The van der Waals surface area contributed by atoms with E-state index in [1.54, 1.807) is 48.5 Å². The highest BCUT2D eigenvalue weighted by Gasteiger charge is 2.23. The van der Waals surface area contributed by atoms with Crippen molar-refractivity contribution < 1.29 is 18.7 Å². The topological polar surface area (TPSA) is 67.4 Å². The van der Waals surface area contributed by atoms with Crippen LogP contribution in [0, 0.1) is 5.82 Å². The number of rotatable bonds is 4. The van der Waals surface area contributed by atoms with Gasteiger partial charge in [0.1, 0.15) is 5.82 Å². The molecule has 2 amide bonds. The van der Waals surface area contributed by atoms with Crippen LogP contribution in [-0.2, 0) is 11.3 Å². The number of amides is 2. The van der Waals surface area contributed by atoms with E-state index in [4.69, 9.17) is 16.3 Å². The number of benzene rings is 3. The molecule has 3 aromatic carbocycles. The van der Waals surface area contributed by atoms with E-state index in [0.29, 0.717) is 33.1 Å². The number of carbonyl (C=O) groups excluding carboxylic acids is 2. The number of hydrogen-bond acceptors (Lipinski definition) is 3. The lowest BCUT2D eigenvalue weighted by atomic mass is 10.1. The van der Waals surface area contributed by atoms with Gasteiger partial charge in [0, 0.05) is 17.1 Å². The van der Waals surface area contributed by atoms with E-state index in [1.165, 1.54) is 18.2 Å². The Morgan fingerprint density at radius 1 is 1.10 bits per heavy atom. The summed E-state index contributed by atoms with van der Waals surface area (Å²) in [4.78, 5) is 24.8. The summed E-state index contributed by atoms with van der Waals surface area (Å²) in [5, 5.41) is 5.94. The molecular formula is C23H16ClFN2O3. The van der Waals surface area contributed by atoms with Gasteiger partial charge in [0.05, 0.1) is 5.69 Å². The molecule has 0 aliphatic carbocycles. The van der Waals surface area contributed by atoms with Gasteiger partial charge in [-0.25, -0.2) is 4.39 Å². The van der Waals surface area contributed by atoms with Crippen molar-refractivity contribution in [1.82, 2.24) is 5.32 Å². The number of hydrogen-bond donors (Lipinski definition) is 2. The molecule has 1 aliphatic rings. The summed E-state index contributed by atoms with van der Waals surface area (Å²) in [5.74, 6) is -0.655. The molecule has 0 spiro atoms. The zero-order valence-electron chi connectivity index (χ0n) is 15.6. The zero-order valence-corrected chi connectivity index (χ0v) is 16.4. The maximum absolute atomic E-state index is 13.3. The molecule has 150 valence electrons. The van der Waals surface area contributed by atoms with Gasteiger partial charge in [-0.15, -0.1) is 0 Å². The van der Waals surface area contributed by atoms with Crippen molar-refractivity contribution in [2.45, 2.75) is 6.54 Å². The maximum Gasteiger partial charge on any atom is 0.291 e. The summed E-state index contributed by atoms with van der Waals surface area (Å²) >= 11 is 6.13. The third-order valence-electron chi connectivity index (χ3n) is 4.47. The van der Waals surface area contributed by atoms with Crippen molar-refractivity contribution in [3.63, 3.8) is 0 Å². The van der Waals surface area contributed by atoms with Crippen LogP contribution in [0.2, 0.25) is 5.02 Å². The molecule has 0 unspecified atom stereocenters. The lowest BCUT2D eigenvalue weighted by Crippen LogP contribution is -2.25. The number of anilines is 1. The minimum absolute atomic E-state index is 0.0962. The Kier molecular flexibility index (Phi) is 5.50. The van der Waals surface area contributed by atoms with Crippen LogP contribution in [0.25, 0.3) is 6.08 Å². The van der Waals surface area contributed by atoms with E-state index in [-0.39, 0.29) is 24.0 Å². The third kappa shape index (κ3) is 4.34. The molecule has 3 aromatic rings. The molecule has 0 fully saturated rings. The van der Waals surface area contributed by atoms with Gasteiger partial charge in [-0.1, -0.05) is 41.9 Å². The molecule has 0 atom stereocenters. The second-order valence-corrected chi connectivity index (χ2v) is 7.02. The van der Waals surface area contributed by atoms with E-state index in [0.717, 1.165) is 0 Å². The van der Waals surface area contributed by atoms with Crippen LogP contribution >= 0.6 is 11.6 Å². The van der Waals surface area contributed by atoms with Gasteiger partial charge < -0.3 is 15.4 Å². The Hall–Kier alpha value is -3.64. The summed E-state index contributed by atoms with van der Waals surface area (Å²) in [6.07, 6.45) is 1.56. The Morgan fingerprint density at radius 3 is 2.73 bits per heavy atom. The Balaban J connectivity index is 1.49. The Bertz CT molecular complexity index is 1180. The highest BCUT2D eigenvalue weighted by atomic mass is 35.5. The van der Waals surface area contributed by atoms with E-state index < -0.39 is 5.91 Å². The number of fused-ring (bicyclic) bond motifs is 1. The van der Waals surface area contributed by atoms with Crippen LogP contribution in [0.3, 0.4) is 0 Å². The molecular weight excluding hydrogens is 407 g/mol. The monoisotopic (exact) mass is 422 g/mol. The largest absolute Gasteiger partial charge is 0.449 e. The first-order valence-electron chi connectivity index (χ1n) is 9.12. The van der Waals surface area contributed by atoms with E-state index >= 15 is 0 Å². The average Bonchev–Trinajstić information content (AvgIpc) is 2.74. The van der Waals surface area contributed by atoms with E-state index in [9.17, 15) is 14.0 Å². The first-order valence-corrected chi connectivity index (χ1v) is 9.49. The summed E-state index contributed by atoms with van der Waals surface area (Å²) in [6, 6.07) is 17.8. The predicted molar refractivity (Wildman–Crippen MR) is 113 cm³/mol. The molecule has 2 N–H and O–H groups in total. The summed E-state index contributed by atoms with van der Waals surface area (Å²) in [7, 11) is 0. The predicted octanol–water partition coefficient (Wildman–Crippen LogP) is 4.78. The normalized spacial score (nSPS) is 13.9. The molecule has 0 saturated heterocycles. The van der Waals surface area contributed by atoms with Crippen LogP contribution in [0.1, 0.15) is 21.5 Å². The smallest absolute Gasteiger partial charge is 0.291 e. The molecule has 0 aromatic heterocycles. The Labute approximate surface area is 177 Å². The van der Waals surface area contributed by atoms with Gasteiger partial charge in [0.25, 0.3) is 11.8 Å². The Morgan fingerprint density at radius 2 is 1.93 bits per heavy atom. The fraction of sp³-hybridized carbons (Fsp3) is 0.0435. The van der Waals surface area contributed by atoms with E-state index in [1.807, 2.05) is 6.07 Å². The second kappa shape index (κ2) is 8.39. The molecule has 7 heteroatoms. The quantitative estimate of drug-likeness (QED) is 0.594. The molecule has 1 aliphatic heterocycles. The van der Waals surface area contributed by atoms with Crippen LogP contribution in [0.5, 0.6) is 5.75 Å². The van der Waals surface area contributed by atoms with Crippen LogP contribution < -0.4 is 15.4 Å². The summed E-state index contributed by atoms with van der Waals surface area (Å²) < 4.78 is 18.9. The molecule has 0 saturated carbocycles. The fourth-order valence-electron chi connectivity index (χ4n) is 2.97. The maximum atomic E-state index is 13.3. The summed E-state index contributed by atoms with van der Waals surface area (Å²) in [6.45, 7) is 0.182. The van der Waals surface area contributed by atoms with Gasteiger partial charge in [0.2, 0.25) is 0 Å². The molecule has 5 nitrogen and oxygen atoms in total. The highest BCUT2D eigenvalue weighted by molar-refractivity contribution is 6.32. The van der Waals surface area contributed by atoms with Crippen molar-refractivity contribution >= 4 is 35.2 Å². The third-order valence-corrected chi connectivity index (χ3v) is 4.81. The van der Waals surface area contributed by atoms with Crippen molar-refractivity contribution in [1.29, 1.82) is 0 Å². The first kappa shape index (κ1) is 19.7. The number of carbonyl (C=O) groups is 2. The molecule has 30 heavy (non-hydrogen) atoms. The fourth-order valence-corrected chi connectivity index (χ4v) is 3.16. The molecule has 1 heterocycles. The van der Waals surface area contributed by atoms with Gasteiger partial charge in [-0.2, -0.15) is 0 Å². The number of ether oxygens (including phenoxy) is 1. The second-order valence-electron chi connectivity index (χ2n) is 6.61. The van der Waals surface area contributed by atoms with Crippen LogP contribution in [0.4, 0.5) is 10.1 Å². The van der Waals surface area contributed by atoms with Gasteiger partial charge in [-0.05, 0) is 53.6 Å². The van der Waals surface area contributed by atoms with E-state index in [2.05, 4.69) is 10.6 Å². The number of nitrogens with one attached hydrogen (secondary N) is 2. The van der Waals surface area contributed by atoms with Crippen molar-refractivity contribution in [2.75, 3.05) is 5.32 Å². The minimum atomic E-state index is -0.445. The molecule has 4 rings (SSSR count). The lowest BCUT2D eigenvalue weighted by Gasteiger charge is -2.20. The standard InChI is InChI=1S/C23H16ClFN2O3/c24-18-7-2-1-5-15(18)12-21-23(29)27-19-11-16(8-9-20(19)30-21)22(28)26-13-14-4-3-6-17(25)10-14/h1-12H,13H2,(H,26,28)(H,27,29)/b21-12-. The van der Waals surface area contributed by atoms with Crippen molar-refractivity contribution in [3.8, 4) is 5.75 Å². The van der Waals surface area contributed by atoms with Gasteiger partial charge >= 0.3 is 0 Å². The first-order chi connectivity index (χ1) is 14.5. The molecule has 0 radical (unpaired) electrons. The van der Waals surface area contributed by atoms with Gasteiger partial charge in [-0.3, -0.25) is 9.59 Å². The molecule has 0 bridgehead atoms. The van der Waals surface area contributed by atoms with Crippen molar-refractivity contribution in [3.05, 3.63) is 100 Å². The highest BCUT2D eigenvalue weighted by Crippen LogP contribution is 2.33.